The zero-order valence-electron chi connectivity index (χ0n) is 13.2. The molecule has 5 nitrogen and oxygen atoms in total. The molecule has 0 bridgehead atoms. The van der Waals surface area contributed by atoms with Crippen LogP contribution in [0.15, 0.2) is 0 Å². The second-order valence-electron chi connectivity index (χ2n) is 7.09. The van der Waals surface area contributed by atoms with Crippen LogP contribution in [-0.2, 0) is 9.59 Å². The van der Waals surface area contributed by atoms with Crippen molar-refractivity contribution in [3.05, 3.63) is 0 Å². The molecular formula is C16H28N2O3. The summed E-state index contributed by atoms with van der Waals surface area (Å²) in [5.41, 5.74) is 0. The number of nitrogens with zero attached hydrogens (tertiary/aromatic N) is 1. The van der Waals surface area contributed by atoms with Crippen LogP contribution in [0.1, 0.15) is 46.0 Å². The van der Waals surface area contributed by atoms with Gasteiger partial charge in [-0.15, -0.1) is 0 Å². The van der Waals surface area contributed by atoms with Crippen molar-refractivity contribution in [3.63, 3.8) is 0 Å². The third kappa shape index (κ3) is 4.99. The van der Waals surface area contributed by atoms with Crippen molar-refractivity contribution in [1.82, 2.24) is 10.2 Å². The molecule has 1 amide bonds. The van der Waals surface area contributed by atoms with Crippen molar-refractivity contribution in [2.75, 3.05) is 19.6 Å². The summed E-state index contributed by atoms with van der Waals surface area (Å²) in [6.45, 7) is 5.97. The molecular weight excluding hydrogens is 268 g/mol. The number of hydrogen-bond donors (Lipinski definition) is 2. The monoisotopic (exact) mass is 296 g/mol. The summed E-state index contributed by atoms with van der Waals surface area (Å²) < 4.78 is 0. The van der Waals surface area contributed by atoms with Gasteiger partial charge in [-0.25, -0.2) is 0 Å². The Kier molecular flexibility index (Phi) is 5.62. The normalized spacial score (nSPS) is 34.4. The number of aliphatic carboxylic acids is 1. The highest BCUT2D eigenvalue weighted by Gasteiger charge is 2.30. The third-order valence-electron chi connectivity index (χ3n) is 4.83. The van der Waals surface area contributed by atoms with E-state index >= 15 is 0 Å². The molecule has 1 saturated carbocycles. The molecule has 2 atom stereocenters. The highest BCUT2D eigenvalue weighted by molar-refractivity contribution is 5.78. The predicted octanol–water partition coefficient (Wildman–Crippen LogP) is 1.72. The molecule has 5 heteroatoms. The lowest BCUT2D eigenvalue weighted by Gasteiger charge is -2.34. The summed E-state index contributed by atoms with van der Waals surface area (Å²) in [7, 11) is 0. The molecule has 1 aliphatic heterocycles. The molecule has 2 N–H and O–H groups in total. The van der Waals surface area contributed by atoms with Gasteiger partial charge in [0.25, 0.3) is 0 Å². The smallest absolute Gasteiger partial charge is 0.307 e. The van der Waals surface area contributed by atoms with Gasteiger partial charge < -0.3 is 10.4 Å². The van der Waals surface area contributed by atoms with Crippen LogP contribution in [0.2, 0.25) is 0 Å². The Hall–Kier alpha value is -1.10. The summed E-state index contributed by atoms with van der Waals surface area (Å²) in [6, 6.07) is 0.311. The molecule has 120 valence electrons. The fraction of sp³-hybridized carbons (Fsp3) is 0.875. The van der Waals surface area contributed by atoms with E-state index in [9.17, 15) is 9.59 Å². The van der Waals surface area contributed by atoms with Gasteiger partial charge in [-0.3, -0.25) is 14.5 Å². The zero-order chi connectivity index (χ0) is 15.4. The van der Waals surface area contributed by atoms with Gasteiger partial charge in [-0.2, -0.15) is 0 Å². The zero-order valence-corrected chi connectivity index (χ0v) is 13.2. The molecule has 1 heterocycles. The van der Waals surface area contributed by atoms with Crippen molar-refractivity contribution in [2.24, 2.45) is 17.8 Å². The molecule has 1 aliphatic carbocycles. The lowest BCUT2D eigenvalue weighted by Crippen LogP contribution is -2.48. The molecule has 2 unspecified atom stereocenters. The molecule has 0 aromatic rings. The van der Waals surface area contributed by atoms with Crippen LogP contribution < -0.4 is 5.32 Å². The van der Waals surface area contributed by atoms with Crippen molar-refractivity contribution in [3.8, 4) is 0 Å². The second-order valence-corrected chi connectivity index (χ2v) is 7.09. The predicted molar refractivity (Wildman–Crippen MR) is 80.9 cm³/mol. The van der Waals surface area contributed by atoms with Gasteiger partial charge in [-0.05, 0) is 43.9 Å². The maximum absolute atomic E-state index is 12.1. The van der Waals surface area contributed by atoms with Gasteiger partial charge in [0, 0.05) is 19.1 Å². The number of carboxylic acid groups (broad SMARTS) is 1. The molecule has 0 spiro atoms. The van der Waals surface area contributed by atoms with Crippen LogP contribution in [0.5, 0.6) is 0 Å². The Morgan fingerprint density at radius 3 is 2.38 bits per heavy atom. The van der Waals surface area contributed by atoms with E-state index in [2.05, 4.69) is 19.2 Å². The van der Waals surface area contributed by atoms with Crippen molar-refractivity contribution < 1.29 is 14.7 Å². The Bertz CT molecular complexity index is 378. The van der Waals surface area contributed by atoms with E-state index in [0.717, 1.165) is 25.3 Å². The summed E-state index contributed by atoms with van der Waals surface area (Å²) in [6.07, 6.45) is 5.23. The van der Waals surface area contributed by atoms with Gasteiger partial charge >= 0.3 is 5.97 Å². The van der Waals surface area contributed by atoms with Gasteiger partial charge in [-0.1, -0.05) is 13.8 Å². The quantitative estimate of drug-likeness (QED) is 0.829. The number of carbonyl (C=O) groups excluding carboxylic acids is 1. The minimum atomic E-state index is -0.742. The first-order valence-electron chi connectivity index (χ1n) is 8.18. The van der Waals surface area contributed by atoms with Crippen molar-refractivity contribution in [1.29, 1.82) is 0 Å². The van der Waals surface area contributed by atoms with Crippen LogP contribution in [0.4, 0.5) is 0 Å². The number of likely N-dealkylation sites (tertiary alicyclic amines) is 1. The number of carboxylic acids is 1. The van der Waals surface area contributed by atoms with Crippen LogP contribution in [0.25, 0.3) is 0 Å². The highest BCUT2D eigenvalue weighted by atomic mass is 16.4. The van der Waals surface area contributed by atoms with E-state index in [1.54, 1.807) is 0 Å². The third-order valence-corrected chi connectivity index (χ3v) is 4.83. The Morgan fingerprint density at radius 1 is 1.10 bits per heavy atom. The van der Waals surface area contributed by atoms with E-state index in [0.29, 0.717) is 31.5 Å². The first kappa shape index (κ1) is 16.3. The van der Waals surface area contributed by atoms with Crippen LogP contribution in [0.3, 0.4) is 0 Å². The molecule has 2 aliphatic rings. The fourth-order valence-corrected chi connectivity index (χ4v) is 3.65. The van der Waals surface area contributed by atoms with Crippen LogP contribution in [-0.4, -0.2) is 47.6 Å². The van der Waals surface area contributed by atoms with Crippen LogP contribution in [0, 0.1) is 17.8 Å². The summed E-state index contributed by atoms with van der Waals surface area (Å²) in [4.78, 5) is 25.3. The first-order valence-corrected chi connectivity index (χ1v) is 8.18. The lowest BCUT2D eigenvalue weighted by atomic mass is 9.87. The number of amides is 1. The molecule has 0 aromatic carbocycles. The molecule has 21 heavy (non-hydrogen) atoms. The summed E-state index contributed by atoms with van der Waals surface area (Å²) in [5, 5.41) is 12.3. The highest BCUT2D eigenvalue weighted by Crippen LogP contribution is 2.24. The van der Waals surface area contributed by atoms with Crippen molar-refractivity contribution in [2.45, 2.75) is 52.0 Å². The maximum Gasteiger partial charge on any atom is 0.307 e. The summed E-state index contributed by atoms with van der Waals surface area (Å²) >= 11 is 0. The average molecular weight is 296 g/mol. The largest absolute Gasteiger partial charge is 0.481 e. The van der Waals surface area contributed by atoms with Gasteiger partial charge in [0.15, 0.2) is 0 Å². The fourth-order valence-electron chi connectivity index (χ4n) is 3.65. The Morgan fingerprint density at radius 2 is 1.76 bits per heavy atom. The van der Waals surface area contributed by atoms with Crippen LogP contribution >= 0.6 is 0 Å². The van der Waals surface area contributed by atoms with E-state index < -0.39 is 5.97 Å². The van der Waals surface area contributed by atoms with Gasteiger partial charge in [0.1, 0.15) is 0 Å². The molecule has 1 saturated heterocycles. The van der Waals surface area contributed by atoms with Crippen molar-refractivity contribution >= 4 is 11.9 Å². The van der Waals surface area contributed by atoms with E-state index in [1.807, 2.05) is 4.90 Å². The molecule has 0 aromatic heterocycles. The Labute approximate surface area is 127 Å². The number of hydrogen-bond acceptors (Lipinski definition) is 3. The van der Waals surface area contributed by atoms with Gasteiger partial charge in [0.05, 0.1) is 12.5 Å². The number of carbonyl (C=O) groups is 2. The Balaban J connectivity index is 1.77. The minimum absolute atomic E-state index is 0.0489. The topological polar surface area (TPSA) is 69.6 Å². The second kappa shape index (κ2) is 7.25. The van der Waals surface area contributed by atoms with Gasteiger partial charge in [0.2, 0.25) is 5.91 Å². The first-order chi connectivity index (χ1) is 9.94. The lowest BCUT2D eigenvalue weighted by molar-refractivity contribution is -0.145. The standard InChI is InChI=1S/C16H28N2O3/c1-11-3-5-14(6-4-11)17-15(19)10-18-8-12(2)7-13(9-18)16(20)21/h11-14H,3-10H2,1-2H3,(H,17,19)(H,20,21). The van der Waals surface area contributed by atoms with E-state index in [-0.39, 0.29) is 11.8 Å². The molecule has 0 radical (unpaired) electrons. The maximum atomic E-state index is 12.1. The molecule has 2 fully saturated rings. The SMILES string of the molecule is CC1CCC(NC(=O)CN2CC(C)CC(C(=O)O)C2)CC1. The number of rotatable bonds is 4. The molecule has 2 rings (SSSR count). The van der Waals surface area contributed by atoms with E-state index in [1.165, 1.54) is 12.8 Å². The summed E-state index contributed by atoms with van der Waals surface area (Å²) in [5.74, 6) is 0.0821. The van der Waals surface area contributed by atoms with E-state index in [4.69, 9.17) is 5.11 Å². The number of nitrogens with one attached hydrogen (secondary N) is 1. The number of piperidine rings is 1. The average Bonchev–Trinajstić information content (AvgIpc) is 2.40. The minimum Gasteiger partial charge on any atom is -0.481 e.